The molecule has 0 fully saturated rings. The summed E-state index contributed by atoms with van der Waals surface area (Å²) in [5, 5.41) is 1.56. The highest BCUT2D eigenvalue weighted by Crippen LogP contribution is 2.39. The van der Waals surface area contributed by atoms with E-state index >= 15 is 0 Å². The third-order valence-electron chi connectivity index (χ3n) is 4.56. The number of nitrogens with two attached hydrogens (primary N) is 1. The van der Waals surface area contributed by atoms with Gasteiger partial charge in [0.05, 0.1) is 11.6 Å². The topological polar surface area (TPSA) is 58.9 Å². The van der Waals surface area contributed by atoms with E-state index in [1.54, 1.807) is 12.1 Å². The summed E-state index contributed by atoms with van der Waals surface area (Å²) in [4.78, 5) is 16.0. The third-order valence-corrected chi connectivity index (χ3v) is 4.80. The molecule has 0 aliphatic carbocycles. The van der Waals surface area contributed by atoms with Crippen LogP contribution in [0.5, 0.6) is 0 Å². The largest absolute Gasteiger partial charge is 0.369 e. The van der Waals surface area contributed by atoms with E-state index in [-0.39, 0.29) is 0 Å². The second-order valence-electron chi connectivity index (χ2n) is 6.22. The van der Waals surface area contributed by atoms with Crippen LogP contribution in [0.25, 0.3) is 22.2 Å². The number of H-pyrrole nitrogens is 1. The molecule has 0 radical (unpaired) electrons. The van der Waals surface area contributed by atoms with Crippen molar-refractivity contribution in [1.82, 2.24) is 4.98 Å². The standard InChI is InChI=1S/C22H17ClN2O/c23-16-10-6-9-15(13-16)19(22(24)26)20-17-11-4-5-12-18(17)25-21(20)14-7-2-1-3-8-14/h1-13,19,25H,(H2,24,26). The number of hydrogen-bond acceptors (Lipinski definition) is 1. The van der Waals surface area contributed by atoms with E-state index in [1.807, 2.05) is 66.7 Å². The van der Waals surface area contributed by atoms with Crippen molar-refractivity contribution in [3.63, 3.8) is 0 Å². The van der Waals surface area contributed by atoms with Crippen LogP contribution in [-0.2, 0) is 4.79 Å². The smallest absolute Gasteiger partial charge is 0.229 e. The molecule has 0 aliphatic rings. The predicted octanol–water partition coefficient (Wildman–Crippen LogP) is 5.11. The number of aromatic nitrogens is 1. The number of rotatable bonds is 4. The van der Waals surface area contributed by atoms with E-state index in [0.717, 1.165) is 33.3 Å². The monoisotopic (exact) mass is 360 g/mol. The zero-order valence-corrected chi connectivity index (χ0v) is 14.7. The molecule has 1 amide bonds. The van der Waals surface area contributed by atoms with Crippen LogP contribution < -0.4 is 5.73 Å². The van der Waals surface area contributed by atoms with Crippen LogP contribution in [0.4, 0.5) is 0 Å². The summed E-state index contributed by atoms with van der Waals surface area (Å²) < 4.78 is 0. The Morgan fingerprint density at radius 2 is 1.65 bits per heavy atom. The number of hydrogen-bond donors (Lipinski definition) is 2. The van der Waals surface area contributed by atoms with E-state index in [1.165, 1.54) is 0 Å². The molecule has 0 spiro atoms. The Kier molecular flexibility index (Phi) is 4.23. The second kappa shape index (κ2) is 6.70. The summed E-state index contributed by atoms with van der Waals surface area (Å²) in [6.07, 6.45) is 0. The average Bonchev–Trinajstić information content (AvgIpc) is 3.02. The van der Waals surface area contributed by atoms with Gasteiger partial charge in [-0.1, -0.05) is 72.3 Å². The van der Waals surface area contributed by atoms with E-state index in [4.69, 9.17) is 17.3 Å². The quantitative estimate of drug-likeness (QED) is 0.522. The van der Waals surface area contributed by atoms with Gasteiger partial charge in [0.25, 0.3) is 0 Å². The minimum Gasteiger partial charge on any atom is -0.369 e. The molecule has 4 aromatic rings. The Morgan fingerprint density at radius 1 is 0.923 bits per heavy atom. The van der Waals surface area contributed by atoms with Gasteiger partial charge in [0.15, 0.2) is 0 Å². The number of nitrogens with one attached hydrogen (secondary N) is 1. The summed E-state index contributed by atoms with van der Waals surface area (Å²) in [5.74, 6) is -1.01. The molecule has 1 heterocycles. The molecule has 3 N–H and O–H groups in total. The lowest BCUT2D eigenvalue weighted by Gasteiger charge is -2.16. The van der Waals surface area contributed by atoms with Crippen LogP contribution in [0.1, 0.15) is 17.0 Å². The number of primary amides is 1. The first-order valence-corrected chi connectivity index (χ1v) is 8.74. The molecule has 26 heavy (non-hydrogen) atoms. The lowest BCUT2D eigenvalue weighted by molar-refractivity contribution is -0.118. The number of para-hydroxylation sites is 1. The maximum Gasteiger partial charge on any atom is 0.229 e. The molecule has 4 rings (SSSR count). The van der Waals surface area contributed by atoms with Crippen LogP contribution in [0.3, 0.4) is 0 Å². The number of benzene rings is 3. The summed E-state index contributed by atoms with van der Waals surface area (Å²) in [5.41, 5.74) is 10.4. The van der Waals surface area contributed by atoms with Crippen molar-refractivity contribution in [1.29, 1.82) is 0 Å². The molecule has 0 saturated heterocycles. The maximum atomic E-state index is 12.5. The van der Waals surface area contributed by atoms with Crippen molar-refractivity contribution in [3.05, 3.63) is 95.0 Å². The number of aromatic amines is 1. The first-order chi connectivity index (χ1) is 12.6. The Hall–Kier alpha value is -3.04. The number of halogens is 1. The van der Waals surface area contributed by atoms with Gasteiger partial charge in [0.2, 0.25) is 5.91 Å². The first-order valence-electron chi connectivity index (χ1n) is 8.36. The summed E-state index contributed by atoms with van der Waals surface area (Å²) in [6.45, 7) is 0. The average molecular weight is 361 g/mol. The molecule has 4 heteroatoms. The third kappa shape index (κ3) is 2.87. The Labute approximate surface area is 156 Å². The van der Waals surface area contributed by atoms with E-state index in [2.05, 4.69) is 4.98 Å². The molecule has 0 bridgehead atoms. The lowest BCUT2D eigenvalue weighted by Crippen LogP contribution is -2.22. The van der Waals surface area contributed by atoms with Gasteiger partial charge in [-0.3, -0.25) is 4.79 Å². The predicted molar refractivity (Wildman–Crippen MR) is 106 cm³/mol. The molecule has 0 aliphatic heterocycles. The normalized spacial score (nSPS) is 12.2. The van der Waals surface area contributed by atoms with Gasteiger partial charge in [-0.2, -0.15) is 0 Å². The molecule has 3 nitrogen and oxygen atoms in total. The van der Waals surface area contributed by atoms with Crippen molar-refractivity contribution in [2.24, 2.45) is 5.73 Å². The minimum atomic E-state index is -0.597. The molecule has 1 unspecified atom stereocenters. The molecular formula is C22H17ClN2O. The fourth-order valence-electron chi connectivity index (χ4n) is 3.46. The highest BCUT2D eigenvalue weighted by atomic mass is 35.5. The van der Waals surface area contributed by atoms with Gasteiger partial charge in [-0.25, -0.2) is 0 Å². The zero-order chi connectivity index (χ0) is 18.1. The fourth-order valence-corrected chi connectivity index (χ4v) is 3.65. The molecule has 128 valence electrons. The van der Waals surface area contributed by atoms with Crippen molar-refractivity contribution in [2.45, 2.75) is 5.92 Å². The van der Waals surface area contributed by atoms with Gasteiger partial charge >= 0.3 is 0 Å². The number of fused-ring (bicyclic) bond motifs is 1. The van der Waals surface area contributed by atoms with Crippen molar-refractivity contribution in [2.75, 3.05) is 0 Å². The van der Waals surface area contributed by atoms with E-state index in [0.29, 0.717) is 5.02 Å². The van der Waals surface area contributed by atoms with E-state index in [9.17, 15) is 4.79 Å². The molecule has 1 atom stereocenters. The molecule has 3 aromatic carbocycles. The van der Waals surface area contributed by atoms with Gasteiger partial charge in [0.1, 0.15) is 0 Å². The van der Waals surface area contributed by atoms with Gasteiger partial charge in [0, 0.05) is 21.5 Å². The van der Waals surface area contributed by atoms with Crippen LogP contribution in [0.2, 0.25) is 5.02 Å². The summed E-state index contributed by atoms with van der Waals surface area (Å²) in [7, 11) is 0. The minimum absolute atomic E-state index is 0.408. The van der Waals surface area contributed by atoms with Gasteiger partial charge in [-0.15, -0.1) is 0 Å². The highest BCUT2D eigenvalue weighted by Gasteiger charge is 2.27. The number of amides is 1. The van der Waals surface area contributed by atoms with Gasteiger partial charge in [-0.05, 0) is 29.3 Å². The first kappa shape index (κ1) is 16.4. The number of carbonyl (C=O) groups is 1. The van der Waals surface area contributed by atoms with E-state index < -0.39 is 11.8 Å². The second-order valence-corrected chi connectivity index (χ2v) is 6.65. The fraction of sp³-hybridized carbons (Fsp3) is 0.0455. The Morgan fingerprint density at radius 3 is 2.38 bits per heavy atom. The lowest BCUT2D eigenvalue weighted by atomic mass is 9.87. The van der Waals surface area contributed by atoms with Gasteiger partial charge < -0.3 is 10.7 Å². The number of carbonyl (C=O) groups excluding carboxylic acids is 1. The zero-order valence-electron chi connectivity index (χ0n) is 13.9. The molecule has 1 aromatic heterocycles. The SMILES string of the molecule is NC(=O)C(c1cccc(Cl)c1)c1c(-c2ccccc2)[nH]c2ccccc12. The molecule has 0 saturated carbocycles. The van der Waals surface area contributed by atoms with Crippen LogP contribution >= 0.6 is 11.6 Å². The van der Waals surface area contributed by atoms with Crippen LogP contribution in [0.15, 0.2) is 78.9 Å². The highest BCUT2D eigenvalue weighted by molar-refractivity contribution is 6.30. The van der Waals surface area contributed by atoms with Crippen LogP contribution in [-0.4, -0.2) is 10.9 Å². The van der Waals surface area contributed by atoms with Crippen molar-refractivity contribution >= 4 is 28.4 Å². The summed E-state index contributed by atoms with van der Waals surface area (Å²) >= 11 is 6.17. The molecular weight excluding hydrogens is 344 g/mol. The summed E-state index contributed by atoms with van der Waals surface area (Å²) in [6, 6.07) is 25.2. The van der Waals surface area contributed by atoms with Crippen molar-refractivity contribution < 1.29 is 4.79 Å². The Balaban J connectivity index is 2.03. The maximum absolute atomic E-state index is 12.5. The van der Waals surface area contributed by atoms with Crippen LogP contribution in [0, 0.1) is 0 Å². The Bertz CT molecular complexity index is 1090. The van der Waals surface area contributed by atoms with Crippen molar-refractivity contribution in [3.8, 4) is 11.3 Å².